The van der Waals surface area contributed by atoms with Crippen LogP contribution in [0.15, 0.2) is 18.2 Å². The molecular weight excluding hydrogens is 206 g/mol. The largest absolute Gasteiger partial charge is 0.454 e. The smallest absolute Gasteiger partial charge is 0.231 e. The van der Waals surface area contributed by atoms with Crippen molar-refractivity contribution in [1.29, 1.82) is 0 Å². The molecule has 2 rings (SSSR count). The number of aliphatic hydroxyl groups excluding tert-OH is 1. The molecule has 1 heterocycles. The summed E-state index contributed by atoms with van der Waals surface area (Å²) in [4.78, 5) is 0. The van der Waals surface area contributed by atoms with E-state index in [9.17, 15) is 0 Å². The number of nitrogens with one attached hydrogen (secondary N) is 1. The fraction of sp³-hybridized carbons (Fsp3) is 0.500. The van der Waals surface area contributed by atoms with E-state index in [1.165, 1.54) is 0 Å². The van der Waals surface area contributed by atoms with Gasteiger partial charge in [-0.15, -0.1) is 0 Å². The normalized spacial score (nSPS) is 17.2. The van der Waals surface area contributed by atoms with Crippen molar-refractivity contribution in [3.63, 3.8) is 0 Å². The maximum Gasteiger partial charge on any atom is 0.231 e. The minimum absolute atomic E-state index is 0.0837. The zero-order valence-electron chi connectivity index (χ0n) is 9.56. The molecule has 4 heteroatoms. The molecule has 1 aromatic rings. The molecule has 0 radical (unpaired) electrons. The van der Waals surface area contributed by atoms with E-state index in [2.05, 4.69) is 12.2 Å². The van der Waals surface area contributed by atoms with Gasteiger partial charge in [0.05, 0.1) is 6.61 Å². The molecule has 2 atom stereocenters. The SMILES string of the molecule is CC(CO)NC(C)c1ccc2c(c1)OCO2. The molecule has 0 aliphatic carbocycles. The number of aliphatic hydroxyl groups is 1. The van der Waals surface area contributed by atoms with Gasteiger partial charge < -0.3 is 19.9 Å². The molecule has 16 heavy (non-hydrogen) atoms. The molecule has 0 spiro atoms. The van der Waals surface area contributed by atoms with Crippen LogP contribution < -0.4 is 14.8 Å². The second-order valence-electron chi connectivity index (χ2n) is 4.08. The summed E-state index contributed by atoms with van der Waals surface area (Å²) in [6.45, 7) is 4.44. The average Bonchev–Trinajstić information content (AvgIpc) is 2.75. The summed E-state index contributed by atoms with van der Waals surface area (Å²) >= 11 is 0. The monoisotopic (exact) mass is 223 g/mol. The summed E-state index contributed by atoms with van der Waals surface area (Å²) in [6.07, 6.45) is 0. The van der Waals surface area contributed by atoms with Crippen LogP contribution >= 0.6 is 0 Å². The van der Waals surface area contributed by atoms with Gasteiger partial charge in [-0.05, 0) is 31.5 Å². The van der Waals surface area contributed by atoms with Gasteiger partial charge in [0, 0.05) is 12.1 Å². The quantitative estimate of drug-likeness (QED) is 0.811. The third-order valence-corrected chi connectivity index (χ3v) is 2.71. The van der Waals surface area contributed by atoms with Gasteiger partial charge in [0.25, 0.3) is 0 Å². The Morgan fingerprint density at radius 2 is 2.06 bits per heavy atom. The van der Waals surface area contributed by atoms with Crippen LogP contribution in [0.4, 0.5) is 0 Å². The number of fused-ring (bicyclic) bond motifs is 1. The fourth-order valence-corrected chi connectivity index (χ4v) is 1.76. The van der Waals surface area contributed by atoms with Gasteiger partial charge >= 0.3 is 0 Å². The Morgan fingerprint density at radius 1 is 1.31 bits per heavy atom. The van der Waals surface area contributed by atoms with E-state index in [0.29, 0.717) is 6.79 Å². The van der Waals surface area contributed by atoms with E-state index in [1.807, 2.05) is 25.1 Å². The van der Waals surface area contributed by atoms with E-state index in [-0.39, 0.29) is 18.7 Å². The summed E-state index contributed by atoms with van der Waals surface area (Å²) in [7, 11) is 0. The van der Waals surface area contributed by atoms with Crippen molar-refractivity contribution >= 4 is 0 Å². The molecule has 1 aliphatic heterocycles. The molecule has 1 aliphatic rings. The van der Waals surface area contributed by atoms with Crippen molar-refractivity contribution < 1.29 is 14.6 Å². The summed E-state index contributed by atoms with van der Waals surface area (Å²) in [5.41, 5.74) is 1.13. The van der Waals surface area contributed by atoms with Gasteiger partial charge in [-0.2, -0.15) is 0 Å². The first-order valence-corrected chi connectivity index (χ1v) is 5.47. The standard InChI is InChI=1S/C12H17NO3/c1-8(6-14)13-9(2)10-3-4-11-12(5-10)16-7-15-11/h3-5,8-9,13-14H,6-7H2,1-2H3. The summed E-state index contributed by atoms with van der Waals surface area (Å²) in [5, 5.41) is 12.3. The van der Waals surface area contributed by atoms with E-state index in [1.54, 1.807) is 0 Å². The van der Waals surface area contributed by atoms with Crippen molar-refractivity contribution in [1.82, 2.24) is 5.32 Å². The highest BCUT2D eigenvalue weighted by Crippen LogP contribution is 2.34. The highest BCUT2D eigenvalue weighted by atomic mass is 16.7. The number of hydrogen-bond acceptors (Lipinski definition) is 4. The maximum atomic E-state index is 8.98. The van der Waals surface area contributed by atoms with Gasteiger partial charge in [0.2, 0.25) is 6.79 Å². The Bertz CT molecular complexity index is 367. The minimum atomic E-state index is 0.0837. The van der Waals surface area contributed by atoms with E-state index in [4.69, 9.17) is 14.6 Å². The van der Waals surface area contributed by atoms with Crippen LogP contribution in [0.5, 0.6) is 11.5 Å². The molecule has 0 bridgehead atoms. The predicted octanol–water partition coefficient (Wildman–Crippen LogP) is 1.45. The third-order valence-electron chi connectivity index (χ3n) is 2.71. The van der Waals surface area contributed by atoms with E-state index in [0.717, 1.165) is 17.1 Å². The predicted molar refractivity (Wildman–Crippen MR) is 60.7 cm³/mol. The zero-order chi connectivity index (χ0) is 11.5. The molecule has 0 saturated heterocycles. The Balaban J connectivity index is 2.09. The minimum Gasteiger partial charge on any atom is -0.454 e. The third kappa shape index (κ3) is 2.28. The number of ether oxygens (including phenoxy) is 2. The Hall–Kier alpha value is -1.26. The Kier molecular flexibility index (Phi) is 3.31. The van der Waals surface area contributed by atoms with Crippen LogP contribution in [0, 0.1) is 0 Å². The number of rotatable bonds is 4. The average molecular weight is 223 g/mol. The molecule has 1 aromatic carbocycles. The molecule has 0 aromatic heterocycles. The van der Waals surface area contributed by atoms with E-state index >= 15 is 0 Å². The summed E-state index contributed by atoms with van der Waals surface area (Å²) < 4.78 is 10.6. The topological polar surface area (TPSA) is 50.7 Å². The number of benzene rings is 1. The van der Waals surface area contributed by atoms with E-state index < -0.39 is 0 Å². The lowest BCUT2D eigenvalue weighted by Crippen LogP contribution is -2.31. The molecule has 2 N–H and O–H groups in total. The molecular formula is C12H17NO3. The lowest BCUT2D eigenvalue weighted by molar-refractivity contribution is 0.174. The van der Waals surface area contributed by atoms with Gasteiger partial charge in [-0.25, -0.2) is 0 Å². The molecule has 4 nitrogen and oxygen atoms in total. The van der Waals surface area contributed by atoms with Crippen molar-refractivity contribution in [2.45, 2.75) is 25.9 Å². The van der Waals surface area contributed by atoms with Crippen molar-refractivity contribution in [3.8, 4) is 11.5 Å². The first-order valence-electron chi connectivity index (χ1n) is 5.47. The summed E-state index contributed by atoms with van der Waals surface area (Å²) in [6, 6.07) is 6.16. The van der Waals surface area contributed by atoms with Crippen LogP contribution in [0.25, 0.3) is 0 Å². The van der Waals surface area contributed by atoms with Crippen LogP contribution in [0.2, 0.25) is 0 Å². The maximum absolute atomic E-state index is 8.98. The Labute approximate surface area is 95.2 Å². The van der Waals surface area contributed by atoms with Crippen LogP contribution in [0.1, 0.15) is 25.5 Å². The highest BCUT2D eigenvalue weighted by Gasteiger charge is 2.16. The Morgan fingerprint density at radius 3 is 2.81 bits per heavy atom. The van der Waals surface area contributed by atoms with Crippen LogP contribution in [-0.2, 0) is 0 Å². The van der Waals surface area contributed by atoms with Crippen molar-refractivity contribution in [3.05, 3.63) is 23.8 Å². The first kappa shape index (κ1) is 11.2. The second-order valence-corrected chi connectivity index (χ2v) is 4.08. The van der Waals surface area contributed by atoms with Gasteiger partial charge in [0.1, 0.15) is 0 Å². The molecule has 88 valence electrons. The number of hydrogen-bond donors (Lipinski definition) is 2. The molecule has 0 saturated carbocycles. The van der Waals surface area contributed by atoms with Crippen LogP contribution in [-0.4, -0.2) is 24.5 Å². The van der Waals surface area contributed by atoms with Gasteiger partial charge in [0.15, 0.2) is 11.5 Å². The fourth-order valence-electron chi connectivity index (χ4n) is 1.76. The lowest BCUT2D eigenvalue weighted by Gasteiger charge is -2.18. The zero-order valence-corrected chi connectivity index (χ0v) is 9.56. The summed E-state index contributed by atoms with van der Waals surface area (Å²) in [5.74, 6) is 1.59. The van der Waals surface area contributed by atoms with Gasteiger partial charge in [-0.3, -0.25) is 0 Å². The highest BCUT2D eigenvalue weighted by molar-refractivity contribution is 5.45. The first-order chi connectivity index (χ1) is 7.70. The molecule has 2 unspecified atom stereocenters. The molecule has 0 amide bonds. The van der Waals surface area contributed by atoms with Crippen LogP contribution in [0.3, 0.4) is 0 Å². The van der Waals surface area contributed by atoms with Crippen molar-refractivity contribution in [2.75, 3.05) is 13.4 Å². The molecule has 0 fully saturated rings. The lowest BCUT2D eigenvalue weighted by atomic mass is 10.1. The van der Waals surface area contributed by atoms with Crippen molar-refractivity contribution in [2.24, 2.45) is 0 Å². The second kappa shape index (κ2) is 4.72. The van der Waals surface area contributed by atoms with Gasteiger partial charge in [-0.1, -0.05) is 6.07 Å².